The van der Waals surface area contributed by atoms with Crippen molar-refractivity contribution in [1.29, 1.82) is 0 Å². The summed E-state index contributed by atoms with van der Waals surface area (Å²) in [6, 6.07) is 4.87. The number of carbonyl (C=O) groups is 4. The smallest absolute Gasteiger partial charge is 0.324 e. The molecule has 0 saturated carbocycles. The lowest BCUT2D eigenvalue weighted by Crippen LogP contribution is -2.47. The number of amides is 2. The SMILES string of the molecule is CC(C)(C)OC(=O)CC[C@H](NS(=O)(=O)CCN1C(=O)c2ccccc2C1=O)C(=O)OC(C)(C)C. The van der Waals surface area contributed by atoms with Crippen LogP contribution in [0.5, 0.6) is 0 Å². The lowest BCUT2D eigenvalue weighted by atomic mass is 10.1. The molecule has 1 aliphatic heterocycles. The number of imide groups is 1. The monoisotopic (exact) mass is 496 g/mol. The number of rotatable bonds is 9. The molecule has 34 heavy (non-hydrogen) atoms. The summed E-state index contributed by atoms with van der Waals surface area (Å²) in [5.41, 5.74) is -1.19. The normalized spacial score (nSPS) is 15.2. The predicted molar refractivity (Wildman–Crippen MR) is 123 cm³/mol. The van der Waals surface area contributed by atoms with Gasteiger partial charge in [0, 0.05) is 13.0 Å². The van der Waals surface area contributed by atoms with Crippen LogP contribution in [0.15, 0.2) is 24.3 Å². The van der Waals surface area contributed by atoms with Crippen LogP contribution in [0.3, 0.4) is 0 Å². The third-order valence-electron chi connectivity index (χ3n) is 4.53. The Balaban J connectivity index is 2.08. The molecule has 0 bridgehead atoms. The minimum atomic E-state index is -4.14. The molecule has 0 radical (unpaired) electrons. The second-order valence-corrected chi connectivity index (χ2v) is 11.8. The van der Waals surface area contributed by atoms with E-state index in [0.29, 0.717) is 0 Å². The highest BCUT2D eigenvalue weighted by Gasteiger charge is 2.36. The number of carbonyl (C=O) groups excluding carboxylic acids is 4. The van der Waals surface area contributed by atoms with Gasteiger partial charge in [-0.25, -0.2) is 13.1 Å². The van der Waals surface area contributed by atoms with Crippen molar-refractivity contribution < 1.29 is 37.1 Å². The van der Waals surface area contributed by atoms with Crippen molar-refractivity contribution in [3.8, 4) is 0 Å². The first-order valence-electron chi connectivity index (χ1n) is 10.9. The number of hydrogen-bond acceptors (Lipinski definition) is 8. The summed E-state index contributed by atoms with van der Waals surface area (Å²) in [5.74, 6) is -3.22. The fourth-order valence-electron chi connectivity index (χ4n) is 3.18. The molecule has 0 aliphatic carbocycles. The molecule has 0 unspecified atom stereocenters. The summed E-state index contributed by atoms with van der Waals surface area (Å²) in [4.78, 5) is 50.5. The van der Waals surface area contributed by atoms with Gasteiger partial charge < -0.3 is 9.47 Å². The summed E-state index contributed by atoms with van der Waals surface area (Å²) < 4.78 is 38.3. The van der Waals surface area contributed by atoms with E-state index in [1.54, 1.807) is 53.7 Å². The molecule has 10 nitrogen and oxygen atoms in total. The fraction of sp³-hybridized carbons (Fsp3) is 0.565. The van der Waals surface area contributed by atoms with E-state index in [4.69, 9.17) is 9.47 Å². The van der Waals surface area contributed by atoms with Gasteiger partial charge >= 0.3 is 11.9 Å². The van der Waals surface area contributed by atoms with Crippen LogP contribution >= 0.6 is 0 Å². The number of nitrogens with one attached hydrogen (secondary N) is 1. The van der Waals surface area contributed by atoms with Crippen LogP contribution in [0.2, 0.25) is 0 Å². The largest absolute Gasteiger partial charge is 0.460 e. The molecule has 11 heteroatoms. The zero-order valence-electron chi connectivity index (χ0n) is 20.3. The summed E-state index contributed by atoms with van der Waals surface area (Å²) in [6.45, 7) is 9.58. The zero-order chi connectivity index (χ0) is 25.9. The van der Waals surface area contributed by atoms with Gasteiger partial charge in [0.15, 0.2) is 0 Å². The van der Waals surface area contributed by atoms with E-state index in [1.807, 2.05) is 0 Å². The van der Waals surface area contributed by atoms with E-state index in [0.717, 1.165) is 4.90 Å². The molecule has 1 atom stereocenters. The highest BCUT2D eigenvalue weighted by molar-refractivity contribution is 7.89. The molecule has 188 valence electrons. The third kappa shape index (κ3) is 7.91. The Morgan fingerprint density at radius 1 is 0.941 bits per heavy atom. The van der Waals surface area contributed by atoms with Crippen LogP contribution in [-0.4, -0.2) is 66.6 Å². The summed E-state index contributed by atoms with van der Waals surface area (Å²) in [6.07, 6.45) is -0.405. The molecule has 0 spiro atoms. The van der Waals surface area contributed by atoms with Crippen LogP contribution in [0, 0.1) is 0 Å². The third-order valence-corrected chi connectivity index (χ3v) is 5.90. The average molecular weight is 497 g/mol. The molecule has 1 N–H and O–H groups in total. The fourth-order valence-corrected chi connectivity index (χ4v) is 4.37. The standard InChI is InChI=1S/C23H32N2O8S/c1-22(2,3)32-18(26)12-11-17(21(29)33-23(4,5)6)24-34(30,31)14-13-25-19(27)15-9-7-8-10-16(15)20(25)28/h7-10,17,24H,11-14H2,1-6H3/t17-/m0/s1. The number of benzene rings is 1. The van der Waals surface area contributed by atoms with Crippen molar-refractivity contribution in [2.45, 2.75) is 71.6 Å². The quantitative estimate of drug-likeness (QED) is 0.405. The predicted octanol–water partition coefficient (Wildman–Crippen LogP) is 2.03. The molecule has 1 aromatic rings. The average Bonchev–Trinajstić information content (AvgIpc) is 2.91. The minimum absolute atomic E-state index is 0.184. The molecular weight excluding hydrogens is 464 g/mol. The van der Waals surface area contributed by atoms with E-state index in [2.05, 4.69) is 4.72 Å². The van der Waals surface area contributed by atoms with Crippen molar-refractivity contribution in [2.24, 2.45) is 0 Å². The Hall–Kier alpha value is -2.79. The van der Waals surface area contributed by atoms with Crippen molar-refractivity contribution in [1.82, 2.24) is 9.62 Å². The molecule has 2 amide bonds. The molecule has 1 heterocycles. The van der Waals surface area contributed by atoms with Crippen LogP contribution in [0.4, 0.5) is 0 Å². The second-order valence-electron chi connectivity index (χ2n) is 9.96. The van der Waals surface area contributed by atoms with Gasteiger partial charge in [-0.15, -0.1) is 0 Å². The minimum Gasteiger partial charge on any atom is -0.460 e. The number of sulfonamides is 1. The van der Waals surface area contributed by atoms with Crippen molar-refractivity contribution in [3.05, 3.63) is 35.4 Å². The van der Waals surface area contributed by atoms with Crippen LogP contribution in [0.1, 0.15) is 75.1 Å². The lowest BCUT2D eigenvalue weighted by Gasteiger charge is -2.25. The van der Waals surface area contributed by atoms with Gasteiger partial charge in [-0.3, -0.25) is 24.1 Å². The van der Waals surface area contributed by atoms with Gasteiger partial charge in [-0.1, -0.05) is 12.1 Å². The van der Waals surface area contributed by atoms with E-state index >= 15 is 0 Å². The Morgan fingerprint density at radius 3 is 1.91 bits per heavy atom. The molecule has 1 aliphatic rings. The number of hydrogen-bond donors (Lipinski definition) is 1. The summed E-state index contributed by atoms with van der Waals surface area (Å²) in [7, 11) is -4.14. The number of ether oxygens (including phenoxy) is 2. The van der Waals surface area contributed by atoms with Gasteiger partial charge in [0.05, 0.1) is 16.9 Å². The van der Waals surface area contributed by atoms with Gasteiger partial charge in [0.2, 0.25) is 10.0 Å². The van der Waals surface area contributed by atoms with Gasteiger partial charge in [0.25, 0.3) is 11.8 Å². The van der Waals surface area contributed by atoms with Gasteiger partial charge in [-0.05, 0) is 60.1 Å². The maximum absolute atomic E-state index is 12.7. The maximum atomic E-state index is 12.7. The van der Waals surface area contributed by atoms with Crippen LogP contribution in [0.25, 0.3) is 0 Å². The number of esters is 2. The van der Waals surface area contributed by atoms with E-state index in [1.165, 1.54) is 12.1 Å². The maximum Gasteiger partial charge on any atom is 0.324 e. The summed E-state index contributed by atoms with van der Waals surface area (Å²) >= 11 is 0. The highest BCUT2D eigenvalue weighted by Crippen LogP contribution is 2.22. The second kappa shape index (κ2) is 10.2. The lowest BCUT2D eigenvalue weighted by molar-refractivity contribution is -0.158. The van der Waals surface area contributed by atoms with Crippen molar-refractivity contribution >= 4 is 33.8 Å². The van der Waals surface area contributed by atoms with Gasteiger partial charge in [0.1, 0.15) is 17.2 Å². The van der Waals surface area contributed by atoms with Gasteiger partial charge in [-0.2, -0.15) is 0 Å². The zero-order valence-corrected chi connectivity index (χ0v) is 21.2. The Morgan fingerprint density at radius 2 is 1.44 bits per heavy atom. The highest BCUT2D eigenvalue weighted by atomic mass is 32.2. The topological polar surface area (TPSA) is 136 Å². The first-order valence-corrected chi connectivity index (χ1v) is 12.5. The van der Waals surface area contributed by atoms with E-state index in [9.17, 15) is 27.6 Å². The van der Waals surface area contributed by atoms with Crippen LogP contribution < -0.4 is 4.72 Å². The van der Waals surface area contributed by atoms with E-state index in [-0.39, 0.29) is 24.0 Å². The molecule has 0 saturated heterocycles. The first-order chi connectivity index (χ1) is 15.5. The van der Waals surface area contributed by atoms with Crippen molar-refractivity contribution in [3.63, 3.8) is 0 Å². The molecule has 2 rings (SSSR count). The Bertz CT molecular complexity index is 1030. The molecule has 1 aromatic carbocycles. The molecular formula is C23H32N2O8S. The Kier molecular flexibility index (Phi) is 8.26. The number of nitrogens with zero attached hydrogens (tertiary/aromatic N) is 1. The Labute approximate surface area is 200 Å². The van der Waals surface area contributed by atoms with E-state index < -0.39 is 63.3 Å². The first kappa shape index (κ1) is 27.5. The molecule has 0 aromatic heterocycles. The van der Waals surface area contributed by atoms with Crippen LogP contribution in [-0.2, 0) is 29.1 Å². The molecule has 0 fully saturated rings. The number of fused-ring (bicyclic) bond motifs is 1. The van der Waals surface area contributed by atoms with Crippen molar-refractivity contribution in [2.75, 3.05) is 12.3 Å². The summed E-state index contributed by atoms with van der Waals surface area (Å²) in [5, 5.41) is 0.